The second-order valence-corrected chi connectivity index (χ2v) is 7.20. The highest BCUT2D eigenvalue weighted by molar-refractivity contribution is 6.07. The summed E-state index contributed by atoms with van der Waals surface area (Å²) < 4.78 is 15.2. The van der Waals surface area contributed by atoms with E-state index in [1.165, 1.54) is 14.2 Å². The maximum Gasteiger partial charge on any atom is 0.325 e. The second kappa shape index (κ2) is 9.02. The summed E-state index contributed by atoms with van der Waals surface area (Å²) in [5.74, 6) is -0.557. The van der Waals surface area contributed by atoms with Gasteiger partial charge in [-0.1, -0.05) is 12.8 Å². The Kier molecular flexibility index (Phi) is 6.43. The minimum atomic E-state index is -0.807. The zero-order valence-electron chi connectivity index (χ0n) is 17.0. The molecule has 0 bridgehead atoms. The number of nitrogens with one attached hydrogen (secondary N) is 2. The molecule has 1 aromatic rings. The number of ether oxygens (including phenoxy) is 3. The van der Waals surface area contributed by atoms with Crippen LogP contribution >= 0.6 is 0 Å². The molecule has 10 nitrogen and oxygen atoms in total. The maximum atomic E-state index is 12.5. The van der Waals surface area contributed by atoms with Crippen LogP contribution in [0.4, 0.5) is 10.5 Å². The molecule has 0 aromatic heterocycles. The maximum absolute atomic E-state index is 12.5. The van der Waals surface area contributed by atoms with Crippen molar-refractivity contribution in [3.63, 3.8) is 0 Å². The van der Waals surface area contributed by atoms with E-state index < -0.39 is 30.1 Å². The highest BCUT2D eigenvalue weighted by Gasteiger charge is 2.52. The van der Waals surface area contributed by atoms with E-state index in [0.29, 0.717) is 30.0 Å². The van der Waals surface area contributed by atoms with E-state index in [0.717, 1.165) is 17.7 Å². The first kappa shape index (κ1) is 21.4. The van der Waals surface area contributed by atoms with E-state index in [2.05, 4.69) is 10.6 Å². The van der Waals surface area contributed by atoms with Gasteiger partial charge in [-0.15, -0.1) is 0 Å². The van der Waals surface area contributed by atoms with Gasteiger partial charge >= 0.3 is 12.0 Å². The summed E-state index contributed by atoms with van der Waals surface area (Å²) >= 11 is 0. The van der Waals surface area contributed by atoms with E-state index in [4.69, 9.17) is 14.2 Å². The van der Waals surface area contributed by atoms with Crippen LogP contribution in [0.3, 0.4) is 0 Å². The van der Waals surface area contributed by atoms with Gasteiger partial charge in [0, 0.05) is 12.6 Å². The fourth-order valence-corrected chi connectivity index (χ4v) is 3.71. The third-order valence-corrected chi connectivity index (χ3v) is 5.29. The normalized spacial score (nSPS) is 17.1. The summed E-state index contributed by atoms with van der Waals surface area (Å²) in [6, 6.07) is 4.38. The SMILES string of the molecule is COc1ccc(NC(=O)COC(=O)CCN2C(=O)NC3(CCCC3)C2=O)c(OC)c1. The van der Waals surface area contributed by atoms with Crippen molar-refractivity contribution in [3.05, 3.63) is 18.2 Å². The number of anilines is 1. The van der Waals surface area contributed by atoms with Crippen molar-refractivity contribution >= 4 is 29.5 Å². The molecule has 1 aromatic carbocycles. The number of carbonyl (C=O) groups is 4. The van der Waals surface area contributed by atoms with Crippen LogP contribution in [0.2, 0.25) is 0 Å². The molecular weight excluding hydrogens is 394 g/mol. The molecule has 10 heteroatoms. The third-order valence-electron chi connectivity index (χ3n) is 5.29. The zero-order chi connectivity index (χ0) is 21.7. The van der Waals surface area contributed by atoms with Crippen LogP contribution in [0.15, 0.2) is 18.2 Å². The van der Waals surface area contributed by atoms with Crippen LogP contribution in [0, 0.1) is 0 Å². The predicted octanol–water partition coefficient (Wildman–Crippen LogP) is 1.44. The molecule has 3 rings (SSSR count). The van der Waals surface area contributed by atoms with Crippen molar-refractivity contribution in [2.75, 3.05) is 32.7 Å². The Morgan fingerprint density at radius 2 is 1.90 bits per heavy atom. The standard InChI is InChI=1S/C20H25N3O7/c1-28-13-5-6-14(15(11-13)29-2)21-16(24)12-30-17(25)7-10-23-18(26)20(22-19(23)27)8-3-4-9-20/h5-6,11H,3-4,7-10,12H2,1-2H3,(H,21,24)(H,22,27). The molecule has 1 saturated heterocycles. The number of rotatable bonds is 8. The van der Waals surface area contributed by atoms with E-state index in [9.17, 15) is 19.2 Å². The number of methoxy groups -OCH3 is 2. The number of hydrogen-bond acceptors (Lipinski definition) is 7. The van der Waals surface area contributed by atoms with Gasteiger partial charge in [-0.25, -0.2) is 4.79 Å². The Balaban J connectivity index is 1.45. The molecule has 0 radical (unpaired) electrons. The minimum absolute atomic E-state index is 0.0842. The average molecular weight is 419 g/mol. The molecule has 1 heterocycles. The van der Waals surface area contributed by atoms with E-state index >= 15 is 0 Å². The summed E-state index contributed by atoms with van der Waals surface area (Å²) in [6.07, 6.45) is 2.82. The summed E-state index contributed by atoms with van der Waals surface area (Å²) in [6.45, 7) is -0.586. The van der Waals surface area contributed by atoms with Gasteiger partial charge < -0.3 is 24.8 Å². The van der Waals surface area contributed by atoms with Gasteiger partial charge in [0.25, 0.3) is 11.8 Å². The van der Waals surface area contributed by atoms with Gasteiger partial charge in [-0.2, -0.15) is 0 Å². The van der Waals surface area contributed by atoms with Crippen molar-refractivity contribution in [1.82, 2.24) is 10.2 Å². The monoisotopic (exact) mass is 419 g/mol. The fourth-order valence-electron chi connectivity index (χ4n) is 3.71. The quantitative estimate of drug-likeness (QED) is 0.483. The molecule has 1 aliphatic heterocycles. The molecule has 2 aliphatic rings. The first-order chi connectivity index (χ1) is 14.4. The van der Waals surface area contributed by atoms with Crippen LogP contribution < -0.4 is 20.1 Å². The Hall–Kier alpha value is -3.30. The van der Waals surface area contributed by atoms with Crippen molar-refractivity contribution in [1.29, 1.82) is 0 Å². The number of carbonyl (C=O) groups excluding carboxylic acids is 4. The highest BCUT2D eigenvalue weighted by atomic mass is 16.5. The van der Waals surface area contributed by atoms with Crippen molar-refractivity contribution < 1.29 is 33.4 Å². The zero-order valence-corrected chi connectivity index (χ0v) is 17.0. The third kappa shape index (κ3) is 4.47. The number of urea groups is 1. The van der Waals surface area contributed by atoms with E-state index in [1.807, 2.05) is 0 Å². The van der Waals surface area contributed by atoms with Gasteiger partial charge in [0.2, 0.25) is 0 Å². The number of esters is 1. The number of benzene rings is 1. The van der Waals surface area contributed by atoms with Gasteiger partial charge in [-0.05, 0) is 25.0 Å². The number of hydrogen-bond donors (Lipinski definition) is 2. The number of amides is 4. The van der Waals surface area contributed by atoms with Crippen LogP contribution in [-0.4, -0.2) is 61.6 Å². The highest BCUT2D eigenvalue weighted by Crippen LogP contribution is 2.35. The lowest BCUT2D eigenvalue weighted by molar-refractivity contribution is -0.147. The largest absolute Gasteiger partial charge is 0.497 e. The predicted molar refractivity (Wildman–Crippen MR) is 105 cm³/mol. The van der Waals surface area contributed by atoms with E-state index in [1.54, 1.807) is 18.2 Å². The Morgan fingerprint density at radius 1 is 1.17 bits per heavy atom. The summed E-state index contributed by atoms with van der Waals surface area (Å²) in [7, 11) is 2.97. The Morgan fingerprint density at radius 3 is 2.57 bits per heavy atom. The molecule has 1 spiro atoms. The Labute approximate surface area is 173 Å². The first-order valence-corrected chi connectivity index (χ1v) is 9.70. The number of nitrogens with zero attached hydrogens (tertiary/aromatic N) is 1. The molecular formula is C20H25N3O7. The van der Waals surface area contributed by atoms with Crippen molar-refractivity contribution in [2.24, 2.45) is 0 Å². The fraction of sp³-hybridized carbons (Fsp3) is 0.500. The molecule has 0 unspecified atom stereocenters. The molecule has 2 N–H and O–H groups in total. The molecule has 162 valence electrons. The average Bonchev–Trinajstić information content (AvgIpc) is 3.30. The topological polar surface area (TPSA) is 123 Å². The lowest BCUT2D eigenvalue weighted by Crippen LogP contribution is -2.44. The van der Waals surface area contributed by atoms with Gasteiger partial charge in [0.15, 0.2) is 6.61 Å². The molecule has 2 fully saturated rings. The summed E-state index contributed by atoms with van der Waals surface area (Å²) in [4.78, 5) is 49.7. The van der Waals surface area contributed by atoms with Crippen molar-refractivity contribution in [3.8, 4) is 11.5 Å². The van der Waals surface area contributed by atoms with Crippen LogP contribution in [0.5, 0.6) is 11.5 Å². The van der Waals surface area contributed by atoms with Gasteiger partial charge in [0.1, 0.15) is 17.0 Å². The molecule has 1 aliphatic carbocycles. The minimum Gasteiger partial charge on any atom is -0.497 e. The van der Waals surface area contributed by atoms with Gasteiger partial charge in [0.05, 0.1) is 26.3 Å². The van der Waals surface area contributed by atoms with Gasteiger partial charge in [-0.3, -0.25) is 19.3 Å². The molecule has 1 saturated carbocycles. The van der Waals surface area contributed by atoms with Crippen LogP contribution in [0.1, 0.15) is 32.1 Å². The Bertz CT molecular complexity index is 849. The molecule has 30 heavy (non-hydrogen) atoms. The lowest BCUT2D eigenvalue weighted by atomic mass is 9.98. The summed E-state index contributed by atoms with van der Waals surface area (Å²) in [5, 5.41) is 5.34. The lowest BCUT2D eigenvalue weighted by Gasteiger charge is -2.19. The number of imide groups is 1. The first-order valence-electron chi connectivity index (χ1n) is 9.70. The smallest absolute Gasteiger partial charge is 0.325 e. The van der Waals surface area contributed by atoms with Crippen LogP contribution in [0.25, 0.3) is 0 Å². The van der Waals surface area contributed by atoms with Crippen molar-refractivity contribution in [2.45, 2.75) is 37.6 Å². The van der Waals surface area contributed by atoms with E-state index in [-0.39, 0.29) is 18.9 Å². The summed E-state index contributed by atoms with van der Waals surface area (Å²) in [5.41, 5.74) is -0.404. The second-order valence-electron chi connectivity index (χ2n) is 7.20. The molecule has 0 atom stereocenters. The van der Waals surface area contributed by atoms with Crippen LogP contribution in [-0.2, 0) is 19.1 Å². The molecule has 4 amide bonds.